The third-order valence-corrected chi connectivity index (χ3v) is 5.57. The highest BCUT2D eigenvalue weighted by Crippen LogP contribution is 2.43. The van der Waals surface area contributed by atoms with Crippen LogP contribution in [0.2, 0.25) is 5.02 Å². The fourth-order valence-corrected chi connectivity index (χ4v) is 4.22. The Morgan fingerprint density at radius 1 is 1.31 bits per heavy atom. The quantitative estimate of drug-likeness (QED) is 0.825. The second-order valence-electron chi connectivity index (χ2n) is 6.13. The molecule has 1 N–H and O–H groups in total. The lowest BCUT2D eigenvalue weighted by Gasteiger charge is -2.28. The van der Waals surface area contributed by atoms with E-state index in [1.54, 1.807) is 24.3 Å². The summed E-state index contributed by atoms with van der Waals surface area (Å²) in [5.41, 5.74) is 1.75. The fraction of sp³-hybridized carbons (Fsp3) is 0.263. The molecule has 26 heavy (non-hydrogen) atoms. The normalized spacial score (nSPS) is 25.2. The van der Waals surface area contributed by atoms with Gasteiger partial charge < -0.3 is 9.47 Å². The van der Waals surface area contributed by atoms with Gasteiger partial charge in [0.1, 0.15) is 22.5 Å². The SMILES string of the molecule is [2H][C@]1(C2CCOc3cc(Oc4ccc(C)cc4Cl)ccc32)SC(=O)NC1=O. The van der Waals surface area contributed by atoms with Gasteiger partial charge >= 0.3 is 0 Å². The maximum atomic E-state index is 12.2. The molecule has 1 fully saturated rings. The highest BCUT2D eigenvalue weighted by Gasteiger charge is 2.40. The molecule has 2 heterocycles. The minimum absolute atomic E-state index is 0.356. The van der Waals surface area contributed by atoms with Crippen LogP contribution in [-0.4, -0.2) is 23.0 Å². The number of imide groups is 1. The van der Waals surface area contributed by atoms with Crippen LogP contribution in [0.25, 0.3) is 0 Å². The number of hydrogen-bond donors (Lipinski definition) is 1. The van der Waals surface area contributed by atoms with Gasteiger partial charge in [-0.2, -0.15) is 0 Å². The van der Waals surface area contributed by atoms with Crippen LogP contribution in [0.15, 0.2) is 36.4 Å². The van der Waals surface area contributed by atoms with Crippen molar-refractivity contribution in [1.29, 1.82) is 0 Å². The number of fused-ring (bicyclic) bond motifs is 1. The van der Waals surface area contributed by atoms with Crippen LogP contribution in [0.1, 0.15) is 24.8 Å². The summed E-state index contributed by atoms with van der Waals surface area (Å²) < 4.78 is 20.1. The molecular formula is C19H16ClNO4S. The Hall–Kier alpha value is -2.18. The fourth-order valence-electron chi connectivity index (χ4n) is 3.08. The van der Waals surface area contributed by atoms with Gasteiger partial charge in [-0.25, -0.2) is 0 Å². The number of thioether (sulfide) groups is 1. The number of halogens is 1. The van der Waals surface area contributed by atoms with Crippen molar-refractivity contribution in [3.63, 3.8) is 0 Å². The Kier molecular flexibility index (Phi) is 4.22. The van der Waals surface area contributed by atoms with Crippen LogP contribution in [0.5, 0.6) is 17.2 Å². The predicted octanol–water partition coefficient (Wildman–Crippen LogP) is 4.66. The molecule has 0 spiro atoms. The molecule has 0 bridgehead atoms. The first kappa shape index (κ1) is 16.0. The number of rotatable bonds is 3. The molecule has 2 aliphatic rings. The third kappa shape index (κ3) is 3.27. The van der Waals surface area contributed by atoms with E-state index in [-0.39, 0.29) is 0 Å². The molecule has 0 saturated carbocycles. The second kappa shape index (κ2) is 6.85. The van der Waals surface area contributed by atoms with Crippen molar-refractivity contribution in [1.82, 2.24) is 5.32 Å². The van der Waals surface area contributed by atoms with Crippen molar-refractivity contribution >= 4 is 34.5 Å². The van der Waals surface area contributed by atoms with Crippen LogP contribution < -0.4 is 14.8 Å². The number of ether oxygens (including phenoxy) is 2. The monoisotopic (exact) mass is 390 g/mol. The number of aryl methyl sites for hydroxylation is 1. The topological polar surface area (TPSA) is 64.6 Å². The van der Waals surface area contributed by atoms with Gasteiger partial charge in [-0.1, -0.05) is 35.5 Å². The molecule has 0 radical (unpaired) electrons. The highest BCUT2D eigenvalue weighted by molar-refractivity contribution is 8.15. The van der Waals surface area contributed by atoms with Gasteiger partial charge in [0, 0.05) is 12.0 Å². The number of carbonyl (C=O) groups excluding carboxylic acids is 2. The standard InChI is InChI=1S/C19H16ClNO4S/c1-10-2-5-15(14(20)8-10)25-11-3-4-12-13(6-7-24-16(12)9-11)17-18(22)21-19(23)26-17/h2-5,8-9,13,17H,6-7H2,1H3,(H,21,22,23)/t13?,17-/m1/s1/i17D. The van der Waals surface area contributed by atoms with Crippen molar-refractivity contribution < 1.29 is 20.4 Å². The van der Waals surface area contributed by atoms with Gasteiger partial charge in [0.2, 0.25) is 5.91 Å². The first-order valence-corrected chi connectivity index (χ1v) is 9.31. The highest BCUT2D eigenvalue weighted by atomic mass is 35.5. The Labute approximate surface area is 161 Å². The summed E-state index contributed by atoms with van der Waals surface area (Å²) >= 11 is 6.94. The Morgan fingerprint density at radius 3 is 2.88 bits per heavy atom. The van der Waals surface area contributed by atoms with E-state index >= 15 is 0 Å². The van der Waals surface area contributed by atoms with Crippen molar-refractivity contribution in [2.24, 2.45) is 0 Å². The van der Waals surface area contributed by atoms with Gasteiger partial charge in [0.25, 0.3) is 5.24 Å². The lowest BCUT2D eigenvalue weighted by molar-refractivity contribution is -0.119. The second-order valence-corrected chi connectivity index (χ2v) is 7.56. The maximum absolute atomic E-state index is 12.2. The molecule has 1 unspecified atom stereocenters. The summed E-state index contributed by atoms with van der Waals surface area (Å²) in [5.74, 6) is 0.588. The van der Waals surface area contributed by atoms with Crippen LogP contribution in [0, 0.1) is 6.92 Å². The molecule has 134 valence electrons. The van der Waals surface area contributed by atoms with Gasteiger partial charge in [0.15, 0.2) is 0 Å². The molecule has 0 aliphatic carbocycles. The maximum Gasteiger partial charge on any atom is 0.286 e. The minimum atomic E-state index is -1.59. The summed E-state index contributed by atoms with van der Waals surface area (Å²) in [6.07, 6.45) is 0.480. The first-order chi connectivity index (χ1) is 12.9. The Balaban J connectivity index is 1.64. The molecular weight excluding hydrogens is 374 g/mol. The Bertz CT molecular complexity index is 953. The third-order valence-electron chi connectivity index (χ3n) is 4.30. The first-order valence-electron chi connectivity index (χ1n) is 8.62. The van der Waals surface area contributed by atoms with Gasteiger partial charge in [-0.15, -0.1) is 0 Å². The van der Waals surface area contributed by atoms with Crippen molar-refractivity contribution in [3.05, 3.63) is 52.5 Å². The van der Waals surface area contributed by atoms with E-state index in [1.807, 2.05) is 19.1 Å². The molecule has 2 aromatic carbocycles. The van der Waals surface area contributed by atoms with Crippen LogP contribution >= 0.6 is 23.4 Å². The van der Waals surface area contributed by atoms with E-state index in [2.05, 4.69) is 5.32 Å². The summed E-state index contributed by atoms with van der Waals surface area (Å²) in [6, 6.07) is 10.8. The van der Waals surface area contributed by atoms with Crippen molar-refractivity contribution in [2.75, 3.05) is 6.61 Å². The predicted molar refractivity (Wildman–Crippen MR) is 100 cm³/mol. The summed E-state index contributed by atoms with van der Waals surface area (Å²) in [4.78, 5) is 23.8. The molecule has 1 saturated heterocycles. The summed E-state index contributed by atoms with van der Waals surface area (Å²) in [5, 5.41) is 0.642. The molecule has 2 amide bonds. The molecule has 0 aromatic heterocycles. The van der Waals surface area contributed by atoms with Crippen LogP contribution in [0.3, 0.4) is 0 Å². The van der Waals surface area contributed by atoms with E-state index in [0.29, 0.717) is 35.3 Å². The summed E-state index contributed by atoms with van der Waals surface area (Å²) in [6.45, 7) is 2.30. The molecule has 5 nitrogen and oxygen atoms in total. The molecule has 2 aliphatic heterocycles. The van der Waals surface area contributed by atoms with Crippen molar-refractivity contribution in [2.45, 2.75) is 24.5 Å². The van der Waals surface area contributed by atoms with E-state index < -0.39 is 22.3 Å². The van der Waals surface area contributed by atoms with Crippen molar-refractivity contribution in [3.8, 4) is 17.2 Å². The lowest BCUT2D eigenvalue weighted by Crippen LogP contribution is -2.31. The molecule has 7 heteroatoms. The average molecular weight is 391 g/mol. The van der Waals surface area contributed by atoms with E-state index in [4.69, 9.17) is 22.4 Å². The van der Waals surface area contributed by atoms with Gasteiger partial charge in [-0.05, 0) is 42.7 Å². The van der Waals surface area contributed by atoms with E-state index in [0.717, 1.165) is 22.9 Å². The number of nitrogens with one attached hydrogen (secondary N) is 1. The zero-order chi connectivity index (χ0) is 19.2. The smallest absolute Gasteiger partial charge is 0.286 e. The van der Waals surface area contributed by atoms with Gasteiger partial charge in [-0.3, -0.25) is 14.9 Å². The molecule has 4 rings (SSSR count). The number of hydrogen-bond acceptors (Lipinski definition) is 5. The molecule has 2 atom stereocenters. The molecule has 2 aromatic rings. The van der Waals surface area contributed by atoms with Gasteiger partial charge in [0.05, 0.1) is 13.0 Å². The van der Waals surface area contributed by atoms with E-state index in [1.165, 1.54) is 0 Å². The summed E-state index contributed by atoms with van der Waals surface area (Å²) in [7, 11) is 0. The largest absolute Gasteiger partial charge is 0.493 e. The average Bonchev–Trinajstić information content (AvgIpc) is 2.89. The van der Waals surface area contributed by atoms with Crippen LogP contribution in [-0.2, 0) is 4.79 Å². The minimum Gasteiger partial charge on any atom is -0.493 e. The zero-order valence-electron chi connectivity index (χ0n) is 14.9. The zero-order valence-corrected chi connectivity index (χ0v) is 15.4. The van der Waals surface area contributed by atoms with Crippen LogP contribution in [0.4, 0.5) is 4.79 Å². The number of amides is 2. The number of carbonyl (C=O) groups is 2. The Morgan fingerprint density at radius 2 is 2.15 bits per heavy atom. The number of benzene rings is 2. The lowest BCUT2D eigenvalue weighted by atomic mass is 9.89. The van der Waals surface area contributed by atoms with E-state index in [9.17, 15) is 9.59 Å².